The third kappa shape index (κ3) is 2.20. The molecule has 6 nitrogen and oxygen atoms in total. The van der Waals surface area contributed by atoms with Crippen LogP contribution >= 0.6 is 0 Å². The summed E-state index contributed by atoms with van der Waals surface area (Å²) in [5, 5.41) is 19.3. The first-order valence-corrected chi connectivity index (χ1v) is 5.43. The van der Waals surface area contributed by atoms with Crippen molar-refractivity contribution >= 4 is 11.9 Å². The second-order valence-corrected chi connectivity index (χ2v) is 3.93. The van der Waals surface area contributed by atoms with Crippen LogP contribution < -0.4 is 0 Å². The third-order valence-electron chi connectivity index (χ3n) is 2.62. The number of carbonyl (C=O) groups is 2. The highest BCUT2D eigenvalue weighted by molar-refractivity contribution is 5.95. The molecule has 2 bridgehead atoms. The molecule has 0 fully saturated rings. The summed E-state index contributed by atoms with van der Waals surface area (Å²) in [5.74, 6) is -4.51. The predicted octanol–water partition coefficient (Wildman–Crippen LogP) is 0.431. The van der Waals surface area contributed by atoms with Gasteiger partial charge in [-0.3, -0.25) is 0 Å². The molecule has 96 valence electrons. The number of benzene rings is 1. The van der Waals surface area contributed by atoms with Crippen LogP contribution in [-0.4, -0.2) is 34.2 Å². The summed E-state index contributed by atoms with van der Waals surface area (Å²) in [6, 6.07) is 5.63. The molecule has 1 aromatic carbocycles. The van der Waals surface area contributed by atoms with Gasteiger partial charge in [0.05, 0.1) is 11.1 Å². The van der Waals surface area contributed by atoms with Crippen molar-refractivity contribution in [3.63, 3.8) is 0 Å². The highest BCUT2D eigenvalue weighted by Gasteiger charge is 2.42. The van der Waals surface area contributed by atoms with Gasteiger partial charge < -0.3 is 19.7 Å². The molecule has 2 rings (SSSR count). The van der Waals surface area contributed by atoms with Gasteiger partial charge in [0.2, 0.25) is 0 Å². The van der Waals surface area contributed by atoms with Gasteiger partial charge in [0.25, 0.3) is 0 Å². The zero-order valence-corrected chi connectivity index (χ0v) is 9.62. The van der Waals surface area contributed by atoms with E-state index in [1.165, 1.54) is 24.3 Å². The number of hydrogen-bond acceptors (Lipinski definition) is 6. The first-order valence-electron chi connectivity index (χ1n) is 5.43. The smallest absolute Gasteiger partial charge is 0.363 e. The Labute approximate surface area is 103 Å². The van der Waals surface area contributed by atoms with Crippen LogP contribution in [0.25, 0.3) is 0 Å². The van der Waals surface area contributed by atoms with Gasteiger partial charge in [-0.1, -0.05) is 13.0 Å². The molecule has 2 N–H and O–H groups in total. The average Bonchev–Trinajstić information content (AvgIpc) is 2.35. The molecule has 1 aromatic rings. The Morgan fingerprint density at radius 1 is 1.22 bits per heavy atom. The van der Waals surface area contributed by atoms with Crippen LogP contribution in [0.4, 0.5) is 0 Å². The average molecular weight is 252 g/mol. The summed E-state index contributed by atoms with van der Waals surface area (Å²) in [5.41, 5.74) is 0.203. The van der Waals surface area contributed by atoms with Crippen LogP contribution in [0.3, 0.4) is 0 Å². The molecule has 1 aliphatic heterocycles. The lowest BCUT2D eigenvalue weighted by Crippen LogP contribution is -2.47. The molecule has 0 aliphatic carbocycles. The van der Waals surface area contributed by atoms with Gasteiger partial charge in [0.15, 0.2) is 6.10 Å². The van der Waals surface area contributed by atoms with Gasteiger partial charge in [-0.05, 0) is 24.6 Å². The van der Waals surface area contributed by atoms with Crippen LogP contribution in [0.2, 0.25) is 0 Å². The maximum atomic E-state index is 11.7. The molecular weight excluding hydrogens is 240 g/mol. The van der Waals surface area contributed by atoms with Gasteiger partial charge >= 0.3 is 17.9 Å². The van der Waals surface area contributed by atoms with Crippen LogP contribution in [0.1, 0.15) is 34.1 Å². The van der Waals surface area contributed by atoms with Crippen molar-refractivity contribution in [2.24, 2.45) is 0 Å². The lowest BCUT2D eigenvalue weighted by atomic mass is 10.1. The van der Waals surface area contributed by atoms with E-state index in [1.807, 2.05) is 0 Å². The number of carbonyl (C=O) groups excluding carboxylic acids is 2. The van der Waals surface area contributed by atoms with Crippen LogP contribution in [-0.2, 0) is 9.47 Å². The van der Waals surface area contributed by atoms with E-state index < -0.39 is 24.0 Å². The molecule has 1 atom stereocenters. The molecule has 0 aromatic heterocycles. The summed E-state index contributed by atoms with van der Waals surface area (Å²) in [4.78, 5) is 23.4. The predicted molar refractivity (Wildman–Crippen MR) is 58.5 cm³/mol. The zero-order valence-electron chi connectivity index (χ0n) is 9.62. The van der Waals surface area contributed by atoms with E-state index in [0.29, 0.717) is 0 Å². The molecule has 0 amide bonds. The summed E-state index contributed by atoms with van der Waals surface area (Å²) in [6.45, 7) is 1.57. The molecule has 1 heterocycles. The van der Waals surface area contributed by atoms with E-state index >= 15 is 0 Å². The van der Waals surface area contributed by atoms with E-state index in [-0.39, 0.29) is 17.5 Å². The monoisotopic (exact) mass is 252 g/mol. The molecule has 18 heavy (non-hydrogen) atoms. The molecule has 0 saturated carbocycles. The van der Waals surface area contributed by atoms with Gasteiger partial charge in [-0.15, -0.1) is 0 Å². The number of ether oxygens (including phenoxy) is 2. The van der Waals surface area contributed by atoms with E-state index in [1.54, 1.807) is 6.92 Å². The van der Waals surface area contributed by atoms with Crippen molar-refractivity contribution in [2.75, 3.05) is 0 Å². The van der Waals surface area contributed by atoms with E-state index in [0.717, 1.165) is 0 Å². The zero-order chi connectivity index (χ0) is 13.3. The summed E-state index contributed by atoms with van der Waals surface area (Å²) >= 11 is 0. The Hall–Kier alpha value is -1.92. The van der Waals surface area contributed by atoms with Gasteiger partial charge in [-0.25, -0.2) is 9.59 Å². The van der Waals surface area contributed by atoms with E-state index in [9.17, 15) is 19.8 Å². The highest BCUT2D eigenvalue weighted by Crippen LogP contribution is 2.22. The van der Waals surface area contributed by atoms with Crippen molar-refractivity contribution in [1.29, 1.82) is 0 Å². The Kier molecular flexibility index (Phi) is 3.06. The largest absolute Gasteiger partial charge is 0.449 e. The summed E-state index contributed by atoms with van der Waals surface area (Å²) in [7, 11) is 0. The second kappa shape index (κ2) is 4.40. The summed E-state index contributed by atoms with van der Waals surface area (Å²) < 4.78 is 9.45. The molecule has 6 heteroatoms. The molecule has 0 spiro atoms. The Morgan fingerprint density at radius 2 is 1.83 bits per heavy atom. The van der Waals surface area contributed by atoms with Gasteiger partial charge in [0.1, 0.15) is 0 Å². The Balaban J connectivity index is 2.47. The van der Waals surface area contributed by atoms with Crippen molar-refractivity contribution in [3.05, 3.63) is 35.4 Å². The normalized spacial score (nSPS) is 22.3. The molecule has 0 radical (unpaired) electrons. The number of fused-ring (bicyclic) bond motifs is 2. The first-order chi connectivity index (χ1) is 8.44. The Bertz CT molecular complexity index is 493. The van der Waals surface area contributed by atoms with Crippen LogP contribution in [0.5, 0.6) is 0 Å². The first kappa shape index (κ1) is 12.5. The molecule has 1 aliphatic rings. The fourth-order valence-electron chi connectivity index (χ4n) is 1.66. The highest BCUT2D eigenvalue weighted by atomic mass is 16.8. The number of aliphatic hydroxyl groups is 2. The van der Waals surface area contributed by atoms with Crippen molar-refractivity contribution in [3.8, 4) is 0 Å². The topological polar surface area (TPSA) is 93.1 Å². The fourth-order valence-corrected chi connectivity index (χ4v) is 1.66. The summed E-state index contributed by atoms with van der Waals surface area (Å²) in [6.07, 6.45) is -1.26. The van der Waals surface area contributed by atoms with Crippen molar-refractivity contribution < 1.29 is 29.3 Å². The molecule has 0 saturated heterocycles. The molecular formula is C12H12O6. The quantitative estimate of drug-likeness (QED) is 0.556. The number of rotatable bonds is 1. The molecule has 1 unspecified atom stereocenters. The minimum Gasteiger partial charge on any atom is -0.449 e. The fraction of sp³-hybridized carbons (Fsp3) is 0.333. The van der Waals surface area contributed by atoms with Crippen LogP contribution in [0, 0.1) is 0 Å². The van der Waals surface area contributed by atoms with Crippen molar-refractivity contribution in [1.82, 2.24) is 0 Å². The van der Waals surface area contributed by atoms with Crippen LogP contribution in [0.15, 0.2) is 24.3 Å². The number of hydrogen-bond donors (Lipinski definition) is 2. The third-order valence-corrected chi connectivity index (χ3v) is 2.62. The van der Waals surface area contributed by atoms with Crippen molar-refractivity contribution in [2.45, 2.75) is 25.4 Å². The van der Waals surface area contributed by atoms with E-state index in [4.69, 9.17) is 4.74 Å². The van der Waals surface area contributed by atoms with Gasteiger partial charge in [-0.2, -0.15) is 0 Å². The Morgan fingerprint density at radius 3 is 2.44 bits per heavy atom. The maximum Gasteiger partial charge on any atom is 0.363 e. The standard InChI is InChI=1S/C12H12O6/c1-2-9-12(15,16)18-11(14)8-5-3-4-7(6-8)10(13)17-9/h3-6,9,15-16H,2H2,1H3. The maximum absolute atomic E-state index is 11.7. The van der Waals surface area contributed by atoms with Gasteiger partial charge in [0, 0.05) is 0 Å². The SMILES string of the molecule is CCC1OC(=O)c2cccc(c2)C(=O)OC1(O)O. The minimum absolute atomic E-state index is 0.0497. The van der Waals surface area contributed by atoms with E-state index in [2.05, 4.69) is 4.74 Å². The lowest BCUT2D eigenvalue weighted by molar-refractivity contribution is -0.348. The second-order valence-electron chi connectivity index (χ2n) is 3.93. The minimum atomic E-state index is -2.84. The lowest BCUT2D eigenvalue weighted by Gasteiger charge is -2.28. The number of esters is 2. The number of cyclic esters (lactones) is 2.